The van der Waals surface area contributed by atoms with Crippen molar-refractivity contribution < 1.29 is 24.2 Å². The number of methoxy groups -OCH3 is 1. The van der Waals surface area contributed by atoms with E-state index in [2.05, 4.69) is 5.32 Å². The Balaban J connectivity index is 1.99. The number of aryl methyl sites for hydroxylation is 1. The van der Waals surface area contributed by atoms with E-state index in [1.807, 2.05) is 13.0 Å². The van der Waals surface area contributed by atoms with Crippen molar-refractivity contribution in [2.75, 3.05) is 19.0 Å². The Hall–Kier alpha value is -3.02. The summed E-state index contributed by atoms with van der Waals surface area (Å²) in [5.41, 5.74) is 1.64. The molecule has 1 amide bonds. The molecule has 23 heavy (non-hydrogen) atoms. The van der Waals surface area contributed by atoms with Gasteiger partial charge in [0.05, 0.1) is 18.4 Å². The summed E-state index contributed by atoms with van der Waals surface area (Å²) in [7, 11) is 1.52. The summed E-state index contributed by atoms with van der Waals surface area (Å²) in [5.74, 6) is -0.549. The number of hydrogen-bond donors (Lipinski definition) is 2. The molecule has 0 radical (unpaired) electrons. The summed E-state index contributed by atoms with van der Waals surface area (Å²) in [6.45, 7) is 1.67. The van der Waals surface area contributed by atoms with Gasteiger partial charge in [0, 0.05) is 0 Å². The maximum Gasteiger partial charge on any atom is 0.335 e. The molecule has 6 nitrogen and oxygen atoms in total. The number of carboxylic acid groups (broad SMARTS) is 1. The molecule has 0 atom stereocenters. The molecule has 0 aliphatic carbocycles. The molecule has 0 spiro atoms. The van der Waals surface area contributed by atoms with Gasteiger partial charge in [-0.3, -0.25) is 4.79 Å². The van der Waals surface area contributed by atoms with E-state index >= 15 is 0 Å². The molecule has 6 heteroatoms. The summed E-state index contributed by atoms with van der Waals surface area (Å²) >= 11 is 0. The molecule has 2 rings (SSSR count). The van der Waals surface area contributed by atoms with E-state index in [1.165, 1.54) is 19.2 Å². The maximum absolute atomic E-state index is 12.0. The van der Waals surface area contributed by atoms with Crippen LogP contribution in [0.2, 0.25) is 0 Å². The number of carbonyl (C=O) groups is 2. The maximum atomic E-state index is 12.0. The van der Waals surface area contributed by atoms with Crippen LogP contribution in [0.5, 0.6) is 11.5 Å². The molecular weight excluding hydrogens is 298 g/mol. The first-order chi connectivity index (χ1) is 11.0. The monoisotopic (exact) mass is 315 g/mol. The van der Waals surface area contributed by atoms with Crippen molar-refractivity contribution in [1.29, 1.82) is 0 Å². The molecule has 0 aromatic heterocycles. The van der Waals surface area contributed by atoms with E-state index < -0.39 is 5.97 Å². The molecule has 120 valence electrons. The number of ether oxygens (including phenoxy) is 2. The highest BCUT2D eigenvalue weighted by molar-refractivity contribution is 5.93. The lowest BCUT2D eigenvalue weighted by molar-refractivity contribution is -0.118. The van der Waals surface area contributed by atoms with Crippen LogP contribution in [0.3, 0.4) is 0 Å². The van der Waals surface area contributed by atoms with Gasteiger partial charge < -0.3 is 19.9 Å². The van der Waals surface area contributed by atoms with E-state index in [9.17, 15) is 9.59 Å². The molecule has 2 N–H and O–H groups in total. The van der Waals surface area contributed by atoms with Crippen LogP contribution in [0.1, 0.15) is 15.9 Å². The third-order valence-corrected chi connectivity index (χ3v) is 3.08. The summed E-state index contributed by atoms with van der Waals surface area (Å²) in [6, 6.07) is 11.4. The standard InChI is InChI=1S/C17H17NO5/c1-11-6-7-15(22-2)14(8-11)18-16(19)10-23-13-5-3-4-12(9-13)17(20)21/h3-9H,10H2,1-2H3,(H,18,19)(H,20,21). The lowest BCUT2D eigenvalue weighted by atomic mass is 10.2. The molecule has 0 heterocycles. The number of carboxylic acids is 1. The van der Waals surface area contributed by atoms with Crippen LogP contribution < -0.4 is 14.8 Å². The molecular formula is C17H17NO5. The lowest BCUT2D eigenvalue weighted by Crippen LogP contribution is -2.20. The third kappa shape index (κ3) is 4.47. The van der Waals surface area contributed by atoms with Crippen LogP contribution >= 0.6 is 0 Å². The van der Waals surface area contributed by atoms with Crippen LogP contribution in [-0.4, -0.2) is 30.7 Å². The summed E-state index contributed by atoms with van der Waals surface area (Å²) in [6.07, 6.45) is 0. The zero-order valence-electron chi connectivity index (χ0n) is 12.8. The number of hydrogen-bond acceptors (Lipinski definition) is 4. The summed E-state index contributed by atoms with van der Waals surface area (Å²) in [5, 5.41) is 11.6. The molecule has 0 unspecified atom stereocenters. The Morgan fingerprint density at radius 3 is 2.65 bits per heavy atom. The largest absolute Gasteiger partial charge is 0.495 e. The number of rotatable bonds is 6. The SMILES string of the molecule is COc1ccc(C)cc1NC(=O)COc1cccc(C(=O)O)c1. The fourth-order valence-electron chi connectivity index (χ4n) is 1.97. The quantitative estimate of drug-likeness (QED) is 0.856. The number of benzene rings is 2. The average molecular weight is 315 g/mol. The minimum Gasteiger partial charge on any atom is -0.495 e. The molecule has 0 fully saturated rings. The number of anilines is 1. The van der Waals surface area contributed by atoms with E-state index in [0.29, 0.717) is 17.2 Å². The van der Waals surface area contributed by atoms with Crippen molar-refractivity contribution in [1.82, 2.24) is 0 Å². The molecule has 0 saturated carbocycles. The molecule has 0 saturated heterocycles. The second-order valence-corrected chi connectivity index (χ2v) is 4.87. The van der Waals surface area contributed by atoms with Gasteiger partial charge >= 0.3 is 5.97 Å². The fourth-order valence-corrected chi connectivity index (χ4v) is 1.97. The first-order valence-electron chi connectivity index (χ1n) is 6.90. The number of nitrogens with one attached hydrogen (secondary N) is 1. The molecule has 2 aromatic rings. The highest BCUT2D eigenvalue weighted by Gasteiger charge is 2.09. The van der Waals surface area contributed by atoms with Crippen LogP contribution in [0.4, 0.5) is 5.69 Å². The number of carbonyl (C=O) groups excluding carboxylic acids is 1. The van der Waals surface area contributed by atoms with Gasteiger partial charge in [0.25, 0.3) is 5.91 Å². The molecule has 0 aliphatic heterocycles. The van der Waals surface area contributed by atoms with E-state index in [0.717, 1.165) is 5.56 Å². The van der Waals surface area contributed by atoms with Crippen LogP contribution in [0, 0.1) is 6.92 Å². The van der Waals surface area contributed by atoms with Crippen molar-refractivity contribution >= 4 is 17.6 Å². The van der Waals surface area contributed by atoms with Crippen LogP contribution in [0.15, 0.2) is 42.5 Å². The molecule has 0 aliphatic rings. The Kier molecular flexibility index (Phi) is 5.19. The Morgan fingerprint density at radius 1 is 1.17 bits per heavy atom. The van der Waals surface area contributed by atoms with Crippen molar-refractivity contribution in [3.05, 3.63) is 53.6 Å². The first-order valence-corrected chi connectivity index (χ1v) is 6.90. The van der Waals surface area contributed by atoms with Crippen molar-refractivity contribution in [2.45, 2.75) is 6.92 Å². The highest BCUT2D eigenvalue weighted by atomic mass is 16.5. The van der Waals surface area contributed by atoms with Crippen molar-refractivity contribution in [2.24, 2.45) is 0 Å². The highest BCUT2D eigenvalue weighted by Crippen LogP contribution is 2.25. The lowest BCUT2D eigenvalue weighted by Gasteiger charge is -2.11. The zero-order chi connectivity index (χ0) is 16.8. The van der Waals surface area contributed by atoms with Gasteiger partial charge in [-0.2, -0.15) is 0 Å². The van der Waals surface area contributed by atoms with Gasteiger partial charge in [-0.25, -0.2) is 4.79 Å². The predicted octanol–water partition coefficient (Wildman–Crippen LogP) is 2.72. The normalized spacial score (nSPS) is 10.0. The first kappa shape index (κ1) is 16.4. The van der Waals surface area contributed by atoms with Crippen LogP contribution in [-0.2, 0) is 4.79 Å². The topological polar surface area (TPSA) is 84.9 Å². The fraction of sp³-hybridized carbons (Fsp3) is 0.176. The summed E-state index contributed by atoms with van der Waals surface area (Å²) in [4.78, 5) is 22.9. The second kappa shape index (κ2) is 7.31. The summed E-state index contributed by atoms with van der Waals surface area (Å²) < 4.78 is 10.5. The Labute approximate surface area is 133 Å². The van der Waals surface area contributed by atoms with Gasteiger partial charge in [-0.1, -0.05) is 12.1 Å². The van der Waals surface area contributed by atoms with Gasteiger partial charge in [0.1, 0.15) is 11.5 Å². The minimum absolute atomic E-state index is 0.100. The smallest absolute Gasteiger partial charge is 0.335 e. The predicted molar refractivity (Wildman–Crippen MR) is 85.3 cm³/mol. The minimum atomic E-state index is -1.05. The molecule has 0 bridgehead atoms. The zero-order valence-corrected chi connectivity index (χ0v) is 12.8. The van der Waals surface area contributed by atoms with Gasteiger partial charge in [0.2, 0.25) is 0 Å². The van der Waals surface area contributed by atoms with Crippen molar-refractivity contribution in [3.8, 4) is 11.5 Å². The van der Waals surface area contributed by atoms with Crippen molar-refractivity contribution in [3.63, 3.8) is 0 Å². The Morgan fingerprint density at radius 2 is 1.96 bits per heavy atom. The van der Waals surface area contributed by atoms with E-state index in [4.69, 9.17) is 14.6 Å². The van der Waals surface area contributed by atoms with E-state index in [-0.39, 0.29) is 18.1 Å². The van der Waals surface area contributed by atoms with E-state index in [1.54, 1.807) is 24.3 Å². The van der Waals surface area contributed by atoms with Crippen LogP contribution in [0.25, 0.3) is 0 Å². The van der Waals surface area contributed by atoms with Gasteiger partial charge in [-0.05, 0) is 42.8 Å². The van der Waals surface area contributed by atoms with Gasteiger partial charge in [-0.15, -0.1) is 0 Å². The third-order valence-electron chi connectivity index (χ3n) is 3.08. The second-order valence-electron chi connectivity index (χ2n) is 4.87. The number of aromatic carboxylic acids is 1. The average Bonchev–Trinajstić information content (AvgIpc) is 2.53. The Bertz CT molecular complexity index is 727. The number of amides is 1. The molecule has 2 aromatic carbocycles. The van der Waals surface area contributed by atoms with Gasteiger partial charge in [0.15, 0.2) is 6.61 Å².